The van der Waals surface area contributed by atoms with Gasteiger partial charge in [0.05, 0.1) is 10.3 Å². The molecule has 2 aromatic carbocycles. The number of benzene rings is 2. The third-order valence-electron chi connectivity index (χ3n) is 4.20. The minimum absolute atomic E-state index is 0.127. The first-order valence-electron chi connectivity index (χ1n) is 8.43. The van der Waals surface area contributed by atoms with Crippen LogP contribution >= 0.6 is 11.3 Å². The minimum Gasteiger partial charge on any atom is -0.481 e. The van der Waals surface area contributed by atoms with Gasteiger partial charge in [-0.15, -0.1) is 11.3 Å². The van der Waals surface area contributed by atoms with E-state index in [9.17, 15) is 9.59 Å². The quantitative estimate of drug-likeness (QED) is 0.391. The van der Waals surface area contributed by atoms with Crippen LogP contribution in [0.25, 0.3) is 21.6 Å². The van der Waals surface area contributed by atoms with E-state index in [1.54, 1.807) is 47.9 Å². The fraction of sp³-hybridized carbons (Fsp3) is 0.0476. The molecule has 2 heterocycles. The highest BCUT2D eigenvalue weighted by Gasteiger charge is 2.18. The molecule has 4 aromatic rings. The highest BCUT2D eigenvalue weighted by molar-refractivity contribution is 7.13. The number of para-hydroxylation sites is 1. The molecule has 2 N–H and O–H groups in total. The number of rotatable bonds is 5. The second-order valence-corrected chi connectivity index (χ2v) is 6.94. The molecule has 0 aliphatic heterocycles. The molecule has 0 saturated carbocycles. The van der Waals surface area contributed by atoms with Gasteiger partial charge in [0.15, 0.2) is 5.76 Å². The van der Waals surface area contributed by atoms with Crippen LogP contribution in [0.15, 0.2) is 75.3 Å². The molecule has 0 radical (unpaired) electrons. The van der Waals surface area contributed by atoms with Crippen LogP contribution in [0.3, 0.4) is 0 Å². The molecule has 6 nitrogen and oxygen atoms in total. The Labute approximate surface area is 163 Å². The summed E-state index contributed by atoms with van der Waals surface area (Å²) in [5.41, 5.74) is 2.93. The number of amides is 1. The monoisotopic (exact) mass is 393 g/mol. The number of hydrogen-bond acceptors (Lipinski definition) is 6. The van der Waals surface area contributed by atoms with Gasteiger partial charge in [-0.1, -0.05) is 30.3 Å². The maximum absolute atomic E-state index is 13.0. The van der Waals surface area contributed by atoms with Gasteiger partial charge in [0.1, 0.15) is 12.2 Å². The minimum atomic E-state index is -0.595. The smallest absolute Gasteiger partial charge is 0.274 e. The van der Waals surface area contributed by atoms with E-state index < -0.39 is 5.91 Å². The zero-order valence-electron chi connectivity index (χ0n) is 14.5. The second kappa shape index (κ2) is 7.67. The molecule has 2 aromatic heterocycles. The molecule has 140 valence electrons. The first-order chi connectivity index (χ1) is 13.7. The Kier molecular flexibility index (Phi) is 4.92. The van der Waals surface area contributed by atoms with Crippen molar-refractivity contribution < 1.29 is 19.2 Å². The lowest BCUT2D eigenvalue weighted by Gasteiger charge is -2.11. The summed E-state index contributed by atoms with van der Waals surface area (Å²) >= 11 is 1.46. The van der Waals surface area contributed by atoms with E-state index in [-0.39, 0.29) is 17.8 Å². The van der Waals surface area contributed by atoms with Crippen LogP contribution in [0.4, 0.5) is 0 Å². The van der Waals surface area contributed by atoms with Gasteiger partial charge in [-0.2, -0.15) is 0 Å². The molecule has 0 spiro atoms. The van der Waals surface area contributed by atoms with Gasteiger partial charge >= 0.3 is 0 Å². The number of carbonyl (C=O) groups is 1. The van der Waals surface area contributed by atoms with Crippen molar-refractivity contribution in [3.63, 3.8) is 0 Å². The fourth-order valence-corrected chi connectivity index (χ4v) is 3.50. The number of ether oxygens (including phenoxy) is 1. The second-order valence-electron chi connectivity index (χ2n) is 5.99. The van der Waals surface area contributed by atoms with E-state index in [1.807, 2.05) is 23.6 Å². The third kappa shape index (κ3) is 3.40. The van der Waals surface area contributed by atoms with Gasteiger partial charge in [0, 0.05) is 5.56 Å². The normalized spacial score (nSPS) is 10.8. The zero-order chi connectivity index (χ0) is 19.5. The summed E-state index contributed by atoms with van der Waals surface area (Å²) in [6.07, 6.45) is 0. The largest absolute Gasteiger partial charge is 0.481 e. The molecule has 0 atom stereocenters. The molecule has 7 heteroatoms. The highest BCUT2D eigenvalue weighted by atomic mass is 32.1. The molecular weight excluding hydrogens is 378 g/mol. The molecular formula is C21H15NO5S. The van der Waals surface area contributed by atoms with Gasteiger partial charge in [-0.25, -0.2) is 5.48 Å². The maximum Gasteiger partial charge on any atom is 0.274 e. The fourth-order valence-electron chi connectivity index (χ4n) is 2.80. The summed E-state index contributed by atoms with van der Waals surface area (Å²) < 4.78 is 11.8. The van der Waals surface area contributed by atoms with Crippen LogP contribution in [-0.4, -0.2) is 11.1 Å². The molecule has 0 bridgehead atoms. The van der Waals surface area contributed by atoms with Crippen LogP contribution in [-0.2, 0) is 6.61 Å². The molecule has 4 rings (SSSR count). The summed E-state index contributed by atoms with van der Waals surface area (Å²) in [6.45, 7) is 0.127. The lowest BCUT2D eigenvalue weighted by molar-refractivity contribution is 0.0706. The van der Waals surface area contributed by atoms with Gasteiger partial charge in [0.25, 0.3) is 5.91 Å². The summed E-state index contributed by atoms with van der Waals surface area (Å²) in [7, 11) is 0. The number of fused-ring (bicyclic) bond motifs is 1. The molecule has 28 heavy (non-hydrogen) atoms. The number of hydroxylamine groups is 1. The average Bonchev–Trinajstić information content (AvgIpc) is 3.27. The van der Waals surface area contributed by atoms with E-state index in [4.69, 9.17) is 14.4 Å². The Morgan fingerprint density at radius 3 is 2.57 bits per heavy atom. The SMILES string of the molecule is O=C(NO)c1ccc(COc2c(-c3cccs3)oc3ccccc3c2=O)cc1. The summed E-state index contributed by atoms with van der Waals surface area (Å²) in [5, 5.41) is 11.0. The van der Waals surface area contributed by atoms with Crippen molar-refractivity contribution in [2.45, 2.75) is 6.61 Å². The number of nitrogens with one attached hydrogen (secondary N) is 1. The molecule has 0 saturated heterocycles. The van der Waals surface area contributed by atoms with Crippen molar-refractivity contribution >= 4 is 28.2 Å². The van der Waals surface area contributed by atoms with E-state index in [2.05, 4.69) is 0 Å². The van der Waals surface area contributed by atoms with Crippen molar-refractivity contribution in [1.82, 2.24) is 5.48 Å². The number of hydrogen-bond donors (Lipinski definition) is 2. The van der Waals surface area contributed by atoms with Gasteiger partial charge in [0.2, 0.25) is 11.2 Å². The van der Waals surface area contributed by atoms with Gasteiger partial charge in [-0.05, 0) is 41.3 Å². The van der Waals surface area contributed by atoms with E-state index in [0.29, 0.717) is 22.3 Å². The first-order valence-corrected chi connectivity index (χ1v) is 9.31. The summed E-state index contributed by atoms with van der Waals surface area (Å²) in [6, 6.07) is 17.3. The Hall–Kier alpha value is -3.42. The predicted molar refractivity (Wildman–Crippen MR) is 106 cm³/mol. The molecule has 0 fully saturated rings. The van der Waals surface area contributed by atoms with Crippen LogP contribution in [0.1, 0.15) is 15.9 Å². The van der Waals surface area contributed by atoms with Crippen LogP contribution in [0.2, 0.25) is 0 Å². The van der Waals surface area contributed by atoms with Crippen LogP contribution in [0, 0.1) is 0 Å². The van der Waals surface area contributed by atoms with Gasteiger partial charge in [-0.3, -0.25) is 14.8 Å². The highest BCUT2D eigenvalue weighted by Crippen LogP contribution is 2.34. The Bertz CT molecular complexity index is 1180. The summed E-state index contributed by atoms with van der Waals surface area (Å²) in [5.74, 6) is -0.0454. The molecule has 0 aliphatic carbocycles. The third-order valence-corrected chi connectivity index (χ3v) is 5.07. The lowest BCUT2D eigenvalue weighted by atomic mass is 10.1. The summed E-state index contributed by atoms with van der Waals surface area (Å²) in [4.78, 5) is 25.2. The average molecular weight is 393 g/mol. The van der Waals surface area contributed by atoms with Crippen molar-refractivity contribution in [3.05, 3.63) is 87.4 Å². The molecule has 0 aliphatic rings. The molecule has 0 unspecified atom stereocenters. The van der Waals surface area contributed by atoms with Crippen molar-refractivity contribution in [2.24, 2.45) is 0 Å². The van der Waals surface area contributed by atoms with Crippen molar-refractivity contribution in [2.75, 3.05) is 0 Å². The number of carbonyl (C=O) groups excluding carboxylic acids is 1. The lowest BCUT2D eigenvalue weighted by Crippen LogP contribution is -2.18. The van der Waals surface area contributed by atoms with E-state index >= 15 is 0 Å². The number of thiophene rings is 1. The van der Waals surface area contributed by atoms with Crippen LogP contribution in [0.5, 0.6) is 5.75 Å². The van der Waals surface area contributed by atoms with Crippen molar-refractivity contribution in [3.8, 4) is 16.4 Å². The Morgan fingerprint density at radius 2 is 1.86 bits per heavy atom. The predicted octanol–water partition coefficient (Wildman–Crippen LogP) is 4.22. The standard InChI is InChI=1S/C21H15NO5S/c23-18-15-4-1-2-5-16(15)27-19(17-6-3-11-28-17)20(18)26-12-13-7-9-14(10-8-13)21(24)22-25/h1-11,25H,12H2,(H,22,24). The van der Waals surface area contributed by atoms with Crippen molar-refractivity contribution in [1.29, 1.82) is 0 Å². The van der Waals surface area contributed by atoms with E-state index in [0.717, 1.165) is 10.4 Å². The van der Waals surface area contributed by atoms with E-state index in [1.165, 1.54) is 11.3 Å². The van der Waals surface area contributed by atoms with Crippen LogP contribution < -0.4 is 15.6 Å². The Balaban J connectivity index is 1.70. The first kappa shape index (κ1) is 18.0. The Morgan fingerprint density at radius 1 is 1.07 bits per heavy atom. The topological polar surface area (TPSA) is 88.8 Å². The molecule has 1 amide bonds. The zero-order valence-corrected chi connectivity index (χ0v) is 15.4. The maximum atomic E-state index is 13.0. The van der Waals surface area contributed by atoms with Gasteiger partial charge < -0.3 is 9.15 Å².